The van der Waals surface area contributed by atoms with Crippen LogP contribution in [-0.2, 0) is 9.59 Å². The maximum atomic E-state index is 12.7. The number of piperazine rings is 1. The van der Waals surface area contributed by atoms with Crippen LogP contribution in [0.15, 0.2) is 42.5 Å². The smallest absolute Gasteiger partial charge is 0.250 e. The lowest BCUT2D eigenvalue weighted by Crippen LogP contribution is -2.57. The summed E-state index contributed by atoms with van der Waals surface area (Å²) in [6, 6.07) is 13.6. The largest absolute Gasteiger partial charge is 0.329 e. The van der Waals surface area contributed by atoms with Gasteiger partial charge in [-0.1, -0.05) is 36.4 Å². The Morgan fingerprint density at radius 1 is 1.00 bits per heavy atom. The van der Waals surface area contributed by atoms with Gasteiger partial charge in [-0.3, -0.25) is 9.59 Å². The predicted octanol–water partition coefficient (Wildman–Crippen LogP) is 2.18. The van der Waals surface area contributed by atoms with Crippen LogP contribution in [0.5, 0.6) is 0 Å². The fourth-order valence-corrected chi connectivity index (χ4v) is 3.45. The Kier molecular flexibility index (Phi) is 2.70. The zero-order valence-corrected chi connectivity index (χ0v) is 11.7. The molecule has 106 valence electrons. The van der Waals surface area contributed by atoms with Gasteiger partial charge in [0.25, 0.3) is 0 Å². The van der Waals surface area contributed by atoms with Crippen molar-refractivity contribution in [2.24, 2.45) is 0 Å². The Bertz CT molecular complexity index is 735. The van der Waals surface area contributed by atoms with E-state index in [9.17, 15) is 9.59 Å². The molecular weight excluding hydrogens is 264 g/mol. The highest BCUT2D eigenvalue weighted by Crippen LogP contribution is 2.31. The lowest BCUT2D eigenvalue weighted by atomic mass is 10.1. The van der Waals surface area contributed by atoms with Crippen molar-refractivity contribution in [2.75, 3.05) is 18.0 Å². The number of rotatable bonds is 1. The number of nitrogens with zero attached hydrogens (tertiary/aromatic N) is 2. The molecule has 0 N–H and O–H groups in total. The zero-order valence-electron chi connectivity index (χ0n) is 11.7. The fraction of sp³-hybridized carbons (Fsp3) is 0.294. The quantitative estimate of drug-likeness (QED) is 0.803. The number of hydrogen-bond donors (Lipinski definition) is 0. The first-order valence-corrected chi connectivity index (χ1v) is 7.34. The van der Waals surface area contributed by atoms with Crippen molar-refractivity contribution in [3.63, 3.8) is 0 Å². The molecule has 4 heteroatoms. The molecule has 2 fully saturated rings. The average Bonchev–Trinajstić information content (AvgIpc) is 3.01. The van der Waals surface area contributed by atoms with Crippen LogP contribution in [0.1, 0.15) is 12.8 Å². The normalized spacial score (nSPS) is 22.0. The fourth-order valence-electron chi connectivity index (χ4n) is 3.45. The van der Waals surface area contributed by atoms with Gasteiger partial charge in [0.1, 0.15) is 12.6 Å². The van der Waals surface area contributed by atoms with Gasteiger partial charge in [0.15, 0.2) is 0 Å². The molecular formula is C17H16N2O2. The summed E-state index contributed by atoms with van der Waals surface area (Å²) in [6.45, 7) is 0.877. The van der Waals surface area contributed by atoms with E-state index >= 15 is 0 Å². The number of benzene rings is 2. The number of hydrogen-bond acceptors (Lipinski definition) is 2. The summed E-state index contributed by atoms with van der Waals surface area (Å²) in [4.78, 5) is 28.4. The van der Waals surface area contributed by atoms with E-state index in [2.05, 4.69) is 0 Å². The molecule has 1 atom stereocenters. The Hall–Kier alpha value is -2.36. The van der Waals surface area contributed by atoms with Gasteiger partial charge in [-0.15, -0.1) is 0 Å². The minimum Gasteiger partial charge on any atom is -0.329 e. The van der Waals surface area contributed by atoms with Gasteiger partial charge in [0.05, 0.1) is 5.69 Å². The molecule has 4 rings (SSSR count). The number of carbonyl (C=O) groups is 2. The van der Waals surface area contributed by atoms with Crippen molar-refractivity contribution < 1.29 is 9.59 Å². The van der Waals surface area contributed by atoms with Crippen molar-refractivity contribution in [1.29, 1.82) is 0 Å². The maximum absolute atomic E-state index is 12.7. The van der Waals surface area contributed by atoms with Crippen LogP contribution < -0.4 is 4.90 Å². The van der Waals surface area contributed by atoms with E-state index in [1.165, 1.54) is 0 Å². The van der Waals surface area contributed by atoms with Gasteiger partial charge in [-0.25, -0.2) is 0 Å². The molecule has 0 radical (unpaired) electrons. The van der Waals surface area contributed by atoms with Gasteiger partial charge in [0.2, 0.25) is 11.8 Å². The predicted molar refractivity (Wildman–Crippen MR) is 81.0 cm³/mol. The molecule has 2 amide bonds. The third kappa shape index (κ3) is 1.82. The van der Waals surface area contributed by atoms with Gasteiger partial charge < -0.3 is 9.80 Å². The Balaban J connectivity index is 1.81. The van der Waals surface area contributed by atoms with Crippen molar-refractivity contribution in [2.45, 2.75) is 18.9 Å². The van der Waals surface area contributed by atoms with Gasteiger partial charge in [-0.2, -0.15) is 0 Å². The lowest BCUT2D eigenvalue weighted by molar-refractivity contribution is -0.140. The van der Waals surface area contributed by atoms with E-state index in [-0.39, 0.29) is 24.4 Å². The van der Waals surface area contributed by atoms with Crippen molar-refractivity contribution in [1.82, 2.24) is 4.90 Å². The third-order valence-corrected chi connectivity index (χ3v) is 4.48. The topological polar surface area (TPSA) is 40.6 Å². The second-order valence-corrected chi connectivity index (χ2v) is 5.67. The van der Waals surface area contributed by atoms with Crippen LogP contribution in [-0.4, -0.2) is 35.8 Å². The van der Waals surface area contributed by atoms with E-state index in [1.807, 2.05) is 42.5 Å². The minimum absolute atomic E-state index is 0.0588. The number of amides is 2. The van der Waals surface area contributed by atoms with E-state index in [0.717, 1.165) is 35.8 Å². The van der Waals surface area contributed by atoms with Crippen LogP contribution in [0.3, 0.4) is 0 Å². The lowest BCUT2D eigenvalue weighted by Gasteiger charge is -2.36. The van der Waals surface area contributed by atoms with Crippen molar-refractivity contribution >= 4 is 28.3 Å². The third-order valence-electron chi connectivity index (χ3n) is 4.48. The molecule has 2 saturated heterocycles. The second-order valence-electron chi connectivity index (χ2n) is 5.67. The summed E-state index contributed by atoms with van der Waals surface area (Å²) in [5.74, 6) is 0.119. The van der Waals surface area contributed by atoms with E-state index in [1.54, 1.807) is 9.80 Å². The van der Waals surface area contributed by atoms with Crippen LogP contribution >= 0.6 is 0 Å². The van der Waals surface area contributed by atoms with Gasteiger partial charge in [0, 0.05) is 11.9 Å². The summed E-state index contributed by atoms with van der Waals surface area (Å²) in [6.07, 6.45) is 1.71. The molecule has 2 aliphatic rings. The van der Waals surface area contributed by atoms with Crippen LogP contribution in [0.2, 0.25) is 0 Å². The Labute approximate surface area is 122 Å². The standard InChI is InChI=1S/C17H16N2O2/c20-16-11-19(17(21)15-9-4-10-18(15)16)14-8-3-6-12-5-1-2-7-13(12)14/h1-3,5-8,15H,4,9-11H2. The Morgan fingerprint density at radius 2 is 1.81 bits per heavy atom. The molecule has 2 aliphatic heterocycles. The first-order valence-electron chi connectivity index (χ1n) is 7.34. The second kappa shape index (κ2) is 4.58. The highest BCUT2D eigenvalue weighted by atomic mass is 16.2. The Morgan fingerprint density at radius 3 is 2.71 bits per heavy atom. The first kappa shape index (κ1) is 12.4. The SMILES string of the molecule is O=C1C2CCCN2C(=O)CN1c1cccc2ccccc12. The number of anilines is 1. The van der Waals surface area contributed by atoms with E-state index in [4.69, 9.17) is 0 Å². The molecule has 0 aliphatic carbocycles. The molecule has 2 aromatic rings. The maximum Gasteiger partial charge on any atom is 0.250 e. The molecule has 0 spiro atoms. The van der Waals surface area contributed by atoms with Gasteiger partial charge >= 0.3 is 0 Å². The van der Waals surface area contributed by atoms with Crippen molar-refractivity contribution in [3.05, 3.63) is 42.5 Å². The molecule has 0 bridgehead atoms. The summed E-state index contributed by atoms with van der Waals surface area (Å²) in [7, 11) is 0. The molecule has 21 heavy (non-hydrogen) atoms. The molecule has 1 unspecified atom stereocenters. The first-order chi connectivity index (χ1) is 10.3. The number of fused-ring (bicyclic) bond motifs is 2. The van der Waals surface area contributed by atoms with Crippen LogP contribution in [0.25, 0.3) is 10.8 Å². The monoisotopic (exact) mass is 280 g/mol. The molecule has 2 heterocycles. The summed E-state index contributed by atoms with van der Waals surface area (Å²) < 4.78 is 0. The van der Waals surface area contributed by atoms with E-state index in [0.29, 0.717) is 0 Å². The molecule has 2 aromatic carbocycles. The summed E-state index contributed by atoms with van der Waals surface area (Å²) >= 11 is 0. The number of carbonyl (C=O) groups excluding carboxylic acids is 2. The molecule has 0 aromatic heterocycles. The van der Waals surface area contributed by atoms with Crippen LogP contribution in [0, 0.1) is 0 Å². The summed E-state index contributed by atoms with van der Waals surface area (Å²) in [5, 5.41) is 2.11. The molecule has 4 nitrogen and oxygen atoms in total. The van der Waals surface area contributed by atoms with E-state index < -0.39 is 0 Å². The summed E-state index contributed by atoms with van der Waals surface area (Å²) in [5.41, 5.74) is 0.845. The average molecular weight is 280 g/mol. The van der Waals surface area contributed by atoms with Crippen molar-refractivity contribution in [3.8, 4) is 0 Å². The van der Waals surface area contributed by atoms with Crippen LogP contribution in [0.4, 0.5) is 5.69 Å². The minimum atomic E-state index is -0.259. The highest BCUT2D eigenvalue weighted by molar-refractivity contribution is 6.11. The molecule has 0 saturated carbocycles. The zero-order chi connectivity index (χ0) is 14.4. The highest BCUT2D eigenvalue weighted by Gasteiger charge is 2.42. The van der Waals surface area contributed by atoms with Gasteiger partial charge in [-0.05, 0) is 24.3 Å².